The number of aromatic nitrogens is 2. The van der Waals surface area contributed by atoms with Crippen LogP contribution in [0.1, 0.15) is 16.5 Å². The predicted molar refractivity (Wildman–Crippen MR) is 66.8 cm³/mol. The molecule has 0 amide bonds. The van der Waals surface area contributed by atoms with Gasteiger partial charge in [-0.2, -0.15) is 0 Å². The maximum absolute atomic E-state index is 13.8. The van der Waals surface area contributed by atoms with Crippen molar-refractivity contribution in [2.75, 3.05) is 7.05 Å². The third-order valence-electron chi connectivity index (χ3n) is 2.53. The van der Waals surface area contributed by atoms with Crippen LogP contribution in [0.25, 0.3) is 0 Å². The Morgan fingerprint density at radius 3 is 3.00 bits per heavy atom. The average molecular weight is 272 g/mol. The van der Waals surface area contributed by atoms with Gasteiger partial charge in [0, 0.05) is 6.04 Å². The van der Waals surface area contributed by atoms with Crippen LogP contribution in [0.3, 0.4) is 0 Å². The minimum absolute atomic E-state index is 0.00275. The third kappa shape index (κ3) is 2.80. The van der Waals surface area contributed by atoms with Gasteiger partial charge in [-0.05, 0) is 36.6 Å². The molecule has 0 spiro atoms. The zero-order valence-corrected chi connectivity index (χ0v) is 10.7. The molecule has 3 nitrogen and oxygen atoms in total. The molecule has 0 aliphatic rings. The molecule has 0 aliphatic heterocycles. The van der Waals surface area contributed by atoms with Crippen molar-refractivity contribution in [1.82, 2.24) is 14.9 Å². The first kappa shape index (κ1) is 12.4. The second-order valence-electron chi connectivity index (χ2n) is 3.58. The molecule has 1 atom stereocenters. The number of halogens is 2. The number of nitrogens with zero attached hydrogens (tertiary/aromatic N) is 2. The van der Waals surface area contributed by atoms with Gasteiger partial charge in [0.15, 0.2) is 0 Å². The van der Waals surface area contributed by atoms with Crippen LogP contribution in [-0.4, -0.2) is 16.6 Å². The molecule has 1 aromatic carbocycles. The highest BCUT2D eigenvalue weighted by atomic mass is 35.5. The fourth-order valence-corrected chi connectivity index (χ4v) is 2.40. The standard InChI is InChI=1S/C11H11ClFN3S/c1-14-9(10-6-15-16-17-10)5-7-3-2-4-8(12)11(7)13/h2-4,6,9,14H,5H2,1H3. The van der Waals surface area contributed by atoms with Crippen LogP contribution in [0.5, 0.6) is 0 Å². The van der Waals surface area contributed by atoms with Crippen LogP contribution in [0.2, 0.25) is 5.02 Å². The molecular formula is C11H11ClFN3S. The first-order valence-corrected chi connectivity index (χ1v) is 6.25. The van der Waals surface area contributed by atoms with E-state index in [1.54, 1.807) is 24.4 Å². The molecule has 1 unspecified atom stereocenters. The minimum atomic E-state index is -0.355. The van der Waals surface area contributed by atoms with Crippen molar-refractivity contribution in [1.29, 1.82) is 0 Å². The van der Waals surface area contributed by atoms with Crippen LogP contribution in [0.4, 0.5) is 4.39 Å². The summed E-state index contributed by atoms with van der Waals surface area (Å²) >= 11 is 7.05. The second kappa shape index (κ2) is 5.53. The molecule has 0 saturated carbocycles. The van der Waals surface area contributed by atoms with Gasteiger partial charge in [0.25, 0.3) is 0 Å². The van der Waals surface area contributed by atoms with Gasteiger partial charge < -0.3 is 5.32 Å². The minimum Gasteiger partial charge on any atom is -0.312 e. The molecule has 1 aromatic heterocycles. The maximum Gasteiger partial charge on any atom is 0.145 e. The smallest absolute Gasteiger partial charge is 0.145 e. The largest absolute Gasteiger partial charge is 0.312 e. The first-order chi connectivity index (χ1) is 8.22. The predicted octanol–water partition coefficient (Wildman–Crippen LogP) is 2.83. The van der Waals surface area contributed by atoms with E-state index in [4.69, 9.17) is 11.6 Å². The molecule has 0 bridgehead atoms. The lowest BCUT2D eigenvalue weighted by atomic mass is 10.0. The van der Waals surface area contributed by atoms with E-state index in [2.05, 4.69) is 14.9 Å². The Hall–Kier alpha value is -1.04. The normalized spacial score (nSPS) is 12.6. The second-order valence-corrected chi connectivity index (χ2v) is 4.80. The van der Waals surface area contributed by atoms with Crippen molar-refractivity contribution < 1.29 is 4.39 Å². The molecule has 2 aromatic rings. The quantitative estimate of drug-likeness (QED) is 0.929. The fraction of sp³-hybridized carbons (Fsp3) is 0.273. The average Bonchev–Trinajstić information content (AvgIpc) is 2.85. The fourth-order valence-electron chi connectivity index (χ4n) is 1.60. The topological polar surface area (TPSA) is 37.8 Å². The van der Waals surface area contributed by atoms with E-state index in [0.717, 1.165) is 4.88 Å². The van der Waals surface area contributed by atoms with Crippen molar-refractivity contribution in [2.45, 2.75) is 12.5 Å². The number of nitrogens with one attached hydrogen (secondary N) is 1. The molecule has 17 heavy (non-hydrogen) atoms. The van der Waals surface area contributed by atoms with Gasteiger partial charge in [-0.15, -0.1) is 5.10 Å². The molecule has 1 N–H and O–H groups in total. The van der Waals surface area contributed by atoms with Crippen molar-refractivity contribution >= 4 is 23.1 Å². The van der Waals surface area contributed by atoms with E-state index in [-0.39, 0.29) is 16.9 Å². The van der Waals surface area contributed by atoms with Gasteiger partial charge in [0.05, 0.1) is 16.1 Å². The van der Waals surface area contributed by atoms with E-state index in [9.17, 15) is 4.39 Å². The molecular weight excluding hydrogens is 261 g/mol. The van der Waals surface area contributed by atoms with E-state index in [0.29, 0.717) is 12.0 Å². The highest BCUT2D eigenvalue weighted by molar-refractivity contribution is 7.05. The lowest BCUT2D eigenvalue weighted by Gasteiger charge is -2.14. The lowest BCUT2D eigenvalue weighted by molar-refractivity contribution is 0.559. The summed E-state index contributed by atoms with van der Waals surface area (Å²) in [6.45, 7) is 0. The number of rotatable bonds is 4. The summed E-state index contributed by atoms with van der Waals surface area (Å²) in [5.74, 6) is -0.355. The van der Waals surface area contributed by atoms with Crippen molar-refractivity contribution in [3.8, 4) is 0 Å². The Kier molecular flexibility index (Phi) is 4.04. The van der Waals surface area contributed by atoms with Crippen molar-refractivity contribution in [3.05, 3.63) is 45.7 Å². The van der Waals surface area contributed by atoms with E-state index in [1.165, 1.54) is 11.5 Å². The molecule has 0 aliphatic carbocycles. The lowest BCUT2D eigenvalue weighted by Crippen LogP contribution is -2.18. The van der Waals surface area contributed by atoms with Crippen LogP contribution in [-0.2, 0) is 6.42 Å². The van der Waals surface area contributed by atoms with Crippen LogP contribution >= 0.6 is 23.1 Å². The Morgan fingerprint density at radius 2 is 2.35 bits per heavy atom. The summed E-state index contributed by atoms with van der Waals surface area (Å²) in [7, 11) is 1.83. The SMILES string of the molecule is CNC(Cc1cccc(Cl)c1F)c1cnns1. The molecule has 6 heteroatoms. The highest BCUT2D eigenvalue weighted by Gasteiger charge is 2.15. The zero-order chi connectivity index (χ0) is 12.3. The molecule has 0 fully saturated rings. The van der Waals surface area contributed by atoms with Gasteiger partial charge >= 0.3 is 0 Å². The monoisotopic (exact) mass is 271 g/mol. The van der Waals surface area contributed by atoms with Crippen LogP contribution in [0.15, 0.2) is 24.4 Å². The van der Waals surface area contributed by atoms with Crippen LogP contribution < -0.4 is 5.32 Å². The number of hydrogen-bond donors (Lipinski definition) is 1. The number of hydrogen-bond acceptors (Lipinski definition) is 4. The van der Waals surface area contributed by atoms with Gasteiger partial charge in [0.1, 0.15) is 5.82 Å². The number of benzene rings is 1. The van der Waals surface area contributed by atoms with Crippen molar-refractivity contribution in [3.63, 3.8) is 0 Å². The summed E-state index contributed by atoms with van der Waals surface area (Å²) < 4.78 is 17.6. The van der Waals surface area contributed by atoms with Gasteiger partial charge in [-0.1, -0.05) is 28.2 Å². The molecule has 0 radical (unpaired) electrons. The van der Waals surface area contributed by atoms with E-state index >= 15 is 0 Å². The summed E-state index contributed by atoms with van der Waals surface area (Å²) in [6, 6.07) is 5.03. The summed E-state index contributed by atoms with van der Waals surface area (Å²) in [5, 5.41) is 7.05. The summed E-state index contributed by atoms with van der Waals surface area (Å²) in [4.78, 5) is 0.979. The Morgan fingerprint density at radius 1 is 1.53 bits per heavy atom. The molecule has 1 heterocycles. The molecule has 90 valence electrons. The summed E-state index contributed by atoms with van der Waals surface area (Å²) in [5.41, 5.74) is 0.588. The maximum atomic E-state index is 13.8. The van der Waals surface area contributed by atoms with Gasteiger partial charge in [0.2, 0.25) is 0 Å². The third-order valence-corrected chi connectivity index (χ3v) is 3.59. The highest BCUT2D eigenvalue weighted by Crippen LogP contribution is 2.24. The van der Waals surface area contributed by atoms with Crippen LogP contribution in [0, 0.1) is 5.82 Å². The Labute approximate surface area is 108 Å². The van der Waals surface area contributed by atoms with E-state index < -0.39 is 0 Å². The first-order valence-electron chi connectivity index (χ1n) is 5.09. The zero-order valence-electron chi connectivity index (χ0n) is 9.15. The van der Waals surface area contributed by atoms with Gasteiger partial charge in [-0.3, -0.25) is 0 Å². The Balaban J connectivity index is 2.22. The number of likely N-dealkylation sites (N-methyl/N-ethyl adjacent to an activating group) is 1. The van der Waals surface area contributed by atoms with E-state index in [1.807, 2.05) is 7.05 Å². The van der Waals surface area contributed by atoms with Crippen molar-refractivity contribution in [2.24, 2.45) is 0 Å². The summed E-state index contributed by atoms with van der Waals surface area (Å²) in [6.07, 6.45) is 2.21. The Bertz CT molecular complexity index is 489. The molecule has 0 saturated heterocycles. The molecule has 2 rings (SSSR count). The van der Waals surface area contributed by atoms with Gasteiger partial charge in [-0.25, -0.2) is 4.39 Å².